The fourth-order valence-electron chi connectivity index (χ4n) is 2.07. The van der Waals surface area contributed by atoms with Crippen LogP contribution in [0.25, 0.3) is 11.4 Å². The summed E-state index contributed by atoms with van der Waals surface area (Å²) in [5, 5.41) is 7.24. The van der Waals surface area contributed by atoms with Crippen LogP contribution in [0.4, 0.5) is 4.39 Å². The Morgan fingerprint density at radius 2 is 1.83 bits per heavy atom. The van der Waals surface area contributed by atoms with Crippen LogP contribution in [-0.2, 0) is 0 Å². The van der Waals surface area contributed by atoms with Crippen LogP contribution in [0.5, 0.6) is 0 Å². The van der Waals surface area contributed by atoms with Gasteiger partial charge in [-0.25, -0.2) is 4.39 Å². The van der Waals surface area contributed by atoms with E-state index in [1.165, 1.54) is 24.3 Å². The maximum Gasteiger partial charge on any atom is 0.251 e. The fourth-order valence-corrected chi connectivity index (χ4v) is 2.20. The summed E-state index contributed by atoms with van der Waals surface area (Å²) in [5.74, 6) is -0.0715. The molecule has 0 saturated heterocycles. The van der Waals surface area contributed by atoms with Gasteiger partial charge in [-0.05, 0) is 55.5 Å². The molecule has 1 unspecified atom stereocenters. The zero-order valence-electron chi connectivity index (χ0n) is 12.7. The van der Waals surface area contributed by atoms with E-state index in [0.29, 0.717) is 16.4 Å². The predicted molar refractivity (Wildman–Crippen MR) is 87.0 cm³/mol. The number of hydrogen-bond acceptors (Lipinski definition) is 4. The molecular formula is C17H13ClFN3O2. The van der Waals surface area contributed by atoms with E-state index in [9.17, 15) is 9.18 Å². The molecule has 1 atom stereocenters. The lowest BCUT2D eigenvalue weighted by Gasteiger charge is -2.09. The SMILES string of the molecule is CC(NC(=O)c1ccc(F)cc1)c1nc(-c2ccc(Cl)cc2)no1. The van der Waals surface area contributed by atoms with Crippen molar-refractivity contribution in [3.05, 3.63) is 70.8 Å². The zero-order valence-corrected chi connectivity index (χ0v) is 13.4. The quantitative estimate of drug-likeness (QED) is 0.775. The van der Waals surface area contributed by atoms with Gasteiger partial charge in [-0.2, -0.15) is 4.98 Å². The molecule has 3 aromatic rings. The highest BCUT2D eigenvalue weighted by molar-refractivity contribution is 6.30. The van der Waals surface area contributed by atoms with Gasteiger partial charge in [0.2, 0.25) is 11.7 Å². The van der Waals surface area contributed by atoms with Crippen LogP contribution >= 0.6 is 11.6 Å². The van der Waals surface area contributed by atoms with Crippen LogP contribution in [0.2, 0.25) is 5.02 Å². The number of nitrogens with one attached hydrogen (secondary N) is 1. The van der Waals surface area contributed by atoms with Gasteiger partial charge >= 0.3 is 0 Å². The van der Waals surface area contributed by atoms with Crippen LogP contribution in [0.1, 0.15) is 29.2 Å². The number of rotatable bonds is 4. The first kappa shape index (κ1) is 16.1. The van der Waals surface area contributed by atoms with Crippen LogP contribution in [0, 0.1) is 5.82 Å². The number of carbonyl (C=O) groups is 1. The van der Waals surface area contributed by atoms with Gasteiger partial charge < -0.3 is 9.84 Å². The molecule has 0 aliphatic heterocycles. The van der Waals surface area contributed by atoms with Gasteiger partial charge in [-0.1, -0.05) is 16.8 Å². The number of benzene rings is 2. The van der Waals surface area contributed by atoms with E-state index in [1.54, 1.807) is 31.2 Å². The van der Waals surface area contributed by atoms with Crippen molar-refractivity contribution in [1.82, 2.24) is 15.5 Å². The molecule has 0 aliphatic rings. The highest BCUT2D eigenvalue weighted by Crippen LogP contribution is 2.20. The first-order chi connectivity index (χ1) is 11.5. The molecule has 3 rings (SSSR count). The second kappa shape index (κ2) is 6.80. The first-order valence-corrected chi connectivity index (χ1v) is 7.57. The van der Waals surface area contributed by atoms with Crippen molar-refractivity contribution in [2.45, 2.75) is 13.0 Å². The number of amides is 1. The molecule has 0 spiro atoms. The predicted octanol–water partition coefficient (Wildman–Crippen LogP) is 4.02. The van der Waals surface area contributed by atoms with Crippen LogP contribution in [-0.4, -0.2) is 16.0 Å². The largest absolute Gasteiger partial charge is 0.341 e. The molecule has 0 radical (unpaired) electrons. The Hall–Kier alpha value is -2.73. The first-order valence-electron chi connectivity index (χ1n) is 7.19. The smallest absolute Gasteiger partial charge is 0.251 e. The van der Waals surface area contributed by atoms with Crippen molar-refractivity contribution < 1.29 is 13.7 Å². The summed E-state index contributed by atoms with van der Waals surface area (Å²) in [6, 6.07) is 11.8. The Balaban J connectivity index is 1.71. The molecule has 0 bridgehead atoms. The molecule has 24 heavy (non-hydrogen) atoms. The van der Waals surface area contributed by atoms with E-state index in [-0.39, 0.29) is 11.8 Å². The standard InChI is InChI=1S/C17H13ClFN3O2/c1-10(20-16(23)12-4-8-14(19)9-5-12)17-21-15(22-24-17)11-2-6-13(18)7-3-11/h2-10H,1H3,(H,20,23). The van der Waals surface area contributed by atoms with Gasteiger partial charge in [-0.15, -0.1) is 0 Å². The van der Waals surface area contributed by atoms with E-state index < -0.39 is 11.9 Å². The Bertz CT molecular complexity index is 847. The second-order valence-electron chi connectivity index (χ2n) is 5.17. The summed E-state index contributed by atoms with van der Waals surface area (Å²) in [5.41, 5.74) is 1.10. The summed E-state index contributed by atoms with van der Waals surface area (Å²) in [6.07, 6.45) is 0. The van der Waals surface area contributed by atoms with Crippen molar-refractivity contribution >= 4 is 17.5 Å². The van der Waals surface area contributed by atoms with Gasteiger partial charge in [0, 0.05) is 16.1 Å². The molecule has 122 valence electrons. The number of nitrogens with zero attached hydrogens (tertiary/aromatic N) is 2. The maximum absolute atomic E-state index is 12.9. The van der Waals surface area contributed by atoms with Crippen molar-refractivity contribution in [3.63, 3.8) is 0 Å². The van der Waals surface area contributed by atoms with Gasteiger partial charge in [0.25, 0.3) is 5.91 Å². The van der Waals surface area contributed by atoms with Crippen molar-refractivity contribution in [1.29, 1.82) is 0 Å². The van der Waals surface area contributed by atoms with E-state index >= 15 is 0 Å². The lowest BCUT2D eigenvalue weighted by molar-refractivity contribution is 0.0932. The van der Waals surface area contributed by atoms with Crippen LogP contribution in [0.15, 0.2) is 53.1 Å². The molecule has 0 fully saturated rings. The monoisotopic (exact) mass is 345 g/mol. The summed E-state index contributed by atoms with van der Waals surface area (Å²) in [6.45, 7) is 1.72. The molecule has 7 heteroatoms. The molecule has 1 amide bonds. The van der Waals surface area contributed by atoms with Crippen molar-refractivity contribution in [3.8, 4) is 11.4 Å². The summed E-state index contributed by atoms with van der Waals surface area (Å²) in [4.78, 5) is 16.4. The van der Waals surface area contributed by atoms with Crippen molar-refractivity contribution in [2.24, 2.45) is 0 Å². The number of halogens is 2. The Labute approximate surface area is 142 Å². The molecule has 1 heterocycles. The Morgan fingerprint density at radius 1 is 1.17 bits per heavy atom. The second-order valence-corrected chi connectivity index (χ2v) is 5.60. The highest BCUT2D eigenvalue weighted by Gasteiger charge is 2.18. The number of carbonyl (C=O) groups excluding carboxylic acids is 1. The Kier molecular flexibility index (Phi) is 4.57. The highest BCUT2D eigenvalue weighted by atomic mass is 35.5. The number of hydrogen-bond donors (Lipinski definition) is 1. The molecular weight excluding hydrogens is 333 g/mol. The van der Waals surface area contributed by atoms with Crippen LogP contribution in [0.3, 0.4) is 0 Å². The summed E-state index contributed by atoms with van der Waals surface area (Å²) >= 11 is 5.84. The Morgan fingerprint density at radius 3 is 2.50 bits per heavy atom. The van der Waals surface area contributed by atoms with E-state index in [1.807, 2.05) is 0 Å². The number of aromatic nitrogens is 2. The minimum absolute atomic E-state index is 0.274. The molecule has 0 saturated carbocycles. The normalized spacial score (nSPS) is 12.0. The average Bonchev–Trinajstić information content (AvgIpc) is 3.06. The lowest BCUT2D eigenvalue weighted by Crippen LogP contribution is -2.26. The average molecular weight is 346 g/mol. The zero-order chi connectivity index (χ0) is 17.1. The van der Waals surface area contributed by atoms with Gasteiger partial charge in [0.15, 0.2) is 0 Å². The van der Waals surface area contributed by atoms with Gasteiger partial charge in [0.05, 0.1) is 0 Å². The van der Waals surface area contributed by atoms with Crippen LogP contribution < -0.4 is 5.32 Å². The molecule has 2 aromatic carbocycles. The summed E-state index contributed by atoms with van der Waals surface area (Å²) < 4.78 is 18.1. The molecule has 5 nitrogen and oxygen atoms in total. The van der Waals surface area contributed by atoms with Gasteiger partial charge in [-0.3, -0.25) is 4.79 Å². The topological polar surface area (TPSA) is 68.0 Å². The van der Waals surface area contributed by atoms with E-state index in [2.05, 4.69) is 15.5 Å². The minimum Gasteiger partial charge on any atom is -0.341 e. The van der Waals surface area contributed by atoms with Gasteiger partial charge in [0.1, 0.15) is 11.9 Å². The third-order valence-electron chi connectivity index (χ3n) is 3.37. The van der Waals surface area contributed by atoms with E-state index in [4.69, 9.17) is 16.1 Å². The van der Waals surface area contributed by atoms with E-state index in [0.717, 1.165) is 5.56 Å². The third kappa shape index (κ3) is 3.60. The fraction of sp³-hybridized carbons (Fsp3) is 0.118. The molecule has 1 N–H and O–H groups in total. The van der Waals surface area contributed by atoms with Crippen molar-refractivity contribution in [2.75, 3.05) is 0 Å². The maximum atomic E-state index is 12.9. The summed E-state index contributed by atoms with van der Waals surface area (Å²) in [7, 11) is 0. The molecule has 0 aliphatic carbocycles. The molecule has 1 aromatic heterocycles. The lowest BCUT2D eigenvalue weighted by atomic mass is 10.2. The minimum atomic E-state index is -0.490. The third-order valence-corrected chi connectivity index (χ3v) is 3.62.